The fraction of sp³-hybridized carbons (Fsp3) is 0.227. The predicted molar refractivity (Wildman–Crippen MR) is 125 cm³/mol. The van der Waals surface area contributed by atoms with Crippen molar-refractivity contribution in [3.8, 4) is 5.69 Å². The first-order valence-corrected chi connectivity index (χ1v) is 10.7. The van der Waals surface area contributed by atoms with Crippen LogP contribution < -0.4 is 16.2 Å². The quantitative estimate of drug-likeness (QED) is 0.378. The zero-order valence-corrected chi connectivity index (χ0v) is 18.6. The Morgan fingerprint density at radius 3 is 2.55 bits per heavy atom. The van der Waals surface area contributed by atoms with Gasteiger partial charge in [-0.05, 0) is 37.6 Å². The molecule has 0 bridgehead atoms. The first-order chi connectivity index (χ1) is 14.8. The summed E-state index contributed by atoms with van der Waals surface area (Å²) in [6.45, 7) is 4.02. The van der Waals surface area contributed by atoms with Gasteiger partial charge in [0.05, 0.1) is 22.3 Å². The number of thioether (sulfide) groups is 1. The Balaban J connectivity index is 1.83. The SMILES string of the molecule is Cc1ccc(-n2c(SCc3nc(N)nc(N(C)C)n3)nc3ccccc3c2=O)c(C)c1. The monoisotopic (exact) mass is 433 g/mol. The third-order valence-corrected chi connectivity index (χ3v) is 5.69. The minimum atomic E-state index is -0.107. The van der Waals surface area contributed by atoms with Crippen LogP contribution in [0.2, 0.25) is 0 Å². The van der Waals surface area contributed by atoms with Crippen molar-refractivity contribution in [1.82, 2.24) is 24.5 Å². The standard InChI is InChI=1S/C22H23N7OS/c1-13-9-10-17(14(2)11-13)29-19(30)15-7-5-6-8-16(15)24-22(29)31-12-18-25-20(23)27-21(26-18)28(3)4/h5-11H,12H2,1-4H3,(H2,23,25,26,27). The van der Waals surface area contributed by atoms with Gasteiger partial charge in [0.1, 0.15) is 5.82 Å². The van der Waals surface area contributed by atoms with Crippen molar-refractivity contribution in [2.75, 3.05) is 24.7 Å². The third kappa shape index (κ3) is 4.22. The number of rotatable bonds is 5. The number of nitrogens with zero attached hydrogens (tertiary/aromatic N) is 6. The second-order valence-corrected chi connectivity index (χ2v) is 8.38. The van der Waals surface area contributed by atoms with Crippen molar-refractivity contribution >= 4 is 34.6 Å². The molecule has 0 aliphatic carbocycles. The lowest BCUT2D eigenvalue weighted by Crippen LogP contribution is -2.22. The molecule has 2 aromatic heterocycles. The number of hydrogen-bond donors (Lipinski definition) is 1. The smallest absolute Gasteiger partial charge is 0.266 e. The molecule has 0 saturated heterocycles. The number of benzene rings is 2. The van der Waals surface area contributed by atoms with Crippen LogP contribution in [0.3, 0.4) is 0 Å². The topological polar surface area (TPSA) is 103 Å². The van der Waals surface area contributed by atoms with Crippen molar-refractivity contribution in [3.63, 3.8) is 0 Å². The average molecular weight is 434 g/mol. The highest BCUT2D eigenvalue weighted by Gasteiger charge is 2.16. The van der Waals surface area contributed by atoms with E-state index in [0.717, 1.165) is 16.8 Å². The first-order valence-electron chi connectivity index (χ1n) is 9.73. The Morgan fingerprint density at radius 1 is 1.03 bits per heavy atom. The number of nitrogens with two attached hydrogens (primary N) is 1. The van der Waals surface area contributed by atoms with Crippen molar-refractivity contribution < 1.29 is 0 Å². The van der Waals surface area contributed by atoms with Gasteiger partial charge in [0.25, 0.3) is 5.56 Å². The molecular weight excluding hydrogens is 410 g/mol. The van der Waals surface area contributed by atoms with Crippen LogP contribution in [0.25, 0.3) is 16.6 Å². The van der Waals surface area contributed by atoms with Crippen LogP contribution in [-0.4, -0.2) is 38.6 Å². The van der Waals surface area contributed by atoms with E-state index in [0.29, 0.717) is 33.6 Å². The van der Waals surface area contributed by atoms with Crippen LogP contribution in [0.5, 0.6) is 0 Å². The summed E-state index contributed by atoms with van der Waals surface area (Å²) in [5.74, 6) is 1.56. The summed E-state index contributed by atoms with van der Waals surface area (Å²) in [6, 6.07) is 13.4. The molecule has 0 fully saturated rings. The van der Waals surface area contributed by atoms with Crippen molar-refractivity contribution in [1.29, 1.82) is 0 Å². The fourth-order valence-corrected chi connectivity index (χ4v) is 4.16. The minimum absolute atomic E-state index is 0.107. The van der Waals surface area contributed by atoms with Gasteiger partial charge in [0.2, 0.25) is 11.9 Å². The molecular formula is C22H23N7OS. The summed E-state index contributed by atoms with van der Waals surface area (Å²) in [6.07, 6.45) is 0. The second-order valence-electron chi connectivity index (χ2n) is 7.43. The van der Waals surface area contributed by atoms with Crippen LogP contribution >= 0.6 is 11.8 Å². The molecule has 0 aliphatic rings. The predicted octanol–water partition coefficient (Wildman–Crippen LogP) is 3.13. The van der Waals surface area contributed by atoms with Crippen molar-refractivity contribution in [2.45, 2.75) is 24.8 Å². The average Bonchev–Trinajstić information content (AvgIpc) is 2.73. The Hall–Kier alpha value is -3.46. The highest BCUT2D eigenvalue weighted by atomic mass is 32.2. The number of fused-ring (bicyclic) bond motifs is 1. The summed E-state index contributed by atoms with van der Waals surface area (Å²) in [5, 5.41) is 1.15. The minimum Gasteiger partial charge on any atom is -0.368 e. The molecule has 0 amide bonds. The number of nitrogen functional groups attached to an aromatic ring is 1. The molecule has 0 aliphatic heterocycles. The third-order valence-electron chi connectivity index (χ3n) is 4.76. The van der Waals surface area contributed by atoms with Crippen LogP contribution in [0.15, 0.2) is 52.4 Å². The Kier molecular flexibility index (Phi) is 5.60. The molecule has 31 heavy (non-hydrogen) atoms. The Labute approximate surface area is 184 Å². The molecule has 4 rings (SSSR count). The Morgan fingerprint density at radius 2 is 1.81 bits per heavy atom. The first kappa shape index (κ1) is 20.8. The second kappa shape index (κ2) is 8.35. The Bertz CT molecular complexity index is 1330. The van der Waals surface area contributed by atoms with Crippen LogP contribution in [0.1, 0.15) is 17.0 Å². The maximum Gasteiger partial charge on any atom is 0.266 e. The zero-order chi connectivity index (χ0) is 22.1. The molecule has 4 aromatic rings. The molecule has 0 unspecified atom stereocenters. The maximum atomic E-state index is 13.4. The summed E-state index contributed by atoms with van der Waals surface area (Å²) in [5.41, 5.74) is 9.34. The highest BCUT2D eigenvalue weighted by molar-refractivity contribution is 7.98. The summed E-state index contributed by atoms with van der Waals surface area (Å²) >= 11 is 1.39. The molecule has 2 aromatic carbocycles. The lowest BCUT2D eigenvalue weighted by atomic mass is 10.1. The van der Waals surface area contributed by atoms with Crippen LogP contribution in [-0.2, 0) is 5.75 Å². The maximum absolute atomic E-state index is 13.4. The number of aryl methyl sites for hydroxylation is 2. The van der Waals surface area contributed by atoms with E-state index < -0.39 is 0 Å². The van der Waals surface area contributed by atoms with Gasteiger partial charge in [0, 0.05) is 14.1 Å². The van der Waals surface area contributed by atoms with E-state index in [9.17, 15) is 4.79 Å². The van der Waals surface area contributed by atoms with Gasteiger partial charge in [-0.1, -0.05) is 41.6 Å². The zero-order valence-electron chi connectivity index (χ0n) is 17.8. The molecule has 9 heteroatoms. The van der Waals surface area contributed by atoms with E-state index in [1.54, 1.807) is 15.5 Å². The van der Waals surface area contributed by atoms with Gasteiger partial charge in [-0.25, -0.2) is 4.98 Å². The van der Waals surface area contributed by atoms with E-state index in [4.69, 9.17) is 10.7 Å². The number of anilines is 2. The molecule has 0 atom stereocenters. The normalized spacial score (nSPS) is 11.1. The number of hydrogen-bond acceptors (Lipinski definition) is 8. The fourth-order valence-electron chi connectivity index (χ4n) is 3.30. The number of aromatic nitrogens is 5. The molecule has 8 nitrogen and oxygen atoms in total. The molecule has 158 valence electrons. The lowest BCUT2D eigenvalue weighted by molar-refractivity contribution is 0.812. The lowest BCUT2D eigenvalue weighted by Gasteiger charge is -2.16. The van der Waals surface area contributed by atoms with Crippen molar-refractivity contribution in [2.24, 2.45) is 0 Å². The van der Waals surface area contributed by atoms with Gasteiger partial charge < -0.3 is 10.6 Å². The van der Waals surface area contributed by atoms with Gasteiger partial charge in [-0.15, -0.1) is 0 Å². The summed E-state index contributed by atoms with van der Waals surface area (Å²) in [4.78, 5) is 32.8. The number of para-hydroxylation sites is 1. The van der Waals surface area contributed by atoms with Gasteiger partial charge in [0.15, 0.2) is 5.16 Å². The van der Waals surface area contributed by atoms with E-state index in [2.05, 4.69) is 21.0 Å². The molecule has 2 N–H and O–H groups in total. The van der Waals surface area contributed by atoms with E-state index in [1.165, 1.54) is 11.8 Å². The molecule has 0 spiro atoms. The molecule has 0 saturated carbocycles. The van der Waals surface area contributed by atoms with Gasteiger partial charge >= 0.3 is 0 Å². The highest BCUT2D eigenvalue weighted by Crippen LogP contribution is 2.26. The van der Waals surface area contributed by atoms with E-state index in [-0.39, 0.29) is 11.5 Å². The molecule has 2 heterocycles. The van der Waals surface area contributed by atoms with Gasteiger partial charge in [-0.3, -0.25) is 9.36 Å². The summed E-state index contributed by atoms with van der Waals surface area (Å²) in [7, 11) is 3.68. The largest absolute Gasteiger partial charge is 0.368 e. The summed E-state index contributed by atoms with van der Waals surface area (Å²) < 4.78 is 1.67. The van der Waals surface area contributed by atoms with Crippen LogP contribution in [0.4, 0.5) is 11.9 Å². The molecule has 0 radical (unpaired) electrons. The van der Waals surface area contributed by atoms with Crippen molar-refractivity contribution in [3.05, 3.63) is 69.8 Å². The van der Waals surface area contributed by atoms with Gasteiger partial charge in [-0.2, -0.15) is 15.0 Å². The van der Waals surface area contributed by atoms with E-state index >= 15 is 0 Å². The van der Waals surface area contributed by atoms with E-state index in [1.807, 2.05) is 58.3 Å². The van der Waals surface area contributed by atoms with Crippen LogP contribution in [0, 0.1) is 13.8 Å².